The Kier molecular flexibility index (Phi) is 14.5. The molecule has 52 heavy (non-hydrogen) atoms. The standard InChI is InChI=1S/C40H54N2O9S/c1-29-6-14-35(15-7-29)52(45,46)42-24-39(51-28-32-10-16-38-37(22-32)41(19-21-50-38)18-5-20-47-3)36(23-34(42)13-17-40(43)44)33-11-8-31(9-12-33)27-49-26-30(2)25-48-4/h6-12,14-16,22,30,34,36,39H,5,13,17-21,23-28H2,1-4H3,(H,43,44)/t30-,34-,36+,39-/m0/s1. The number of benzene rings is 3. The predicted octanol–water partition coefficient (Wildman–Crippen LogP) is 6.03. The second-order valence-electron chi connectivity index (χ2n) is 14.0. The molecule has 2 aliphatic heterocycles. The van der Waals surface area contributed by atoms with Crippen molar-refractivity contribution in [2.75, 3.05) is 65.2 Å². The second kappa shape index (κ2) is 19.0. The average molecular weight is 739 g/mol. The molecule has 1 fully saturated rings. The van der Waals surface area contributed by atoms with Gasteiger partial charge in [-0.1, -0.05) is 55.0 Å². The van der Waals surface area contributed by atoms with Crippen LogP contribution in [0, 0.1) is 12.8 Å². The van der Waals surface area contributed by atoms with Crippen molar-refractivity contribution in [3.8, 4) is 5.75 Å². The van der Waals surface area contributed by atoms with Crippen molar-refractivity contribution < 1.29 is 42.0 Å². The molecular formula is C40H54N2O9S. The van der Waals surface area contributed by atoms with E-state index in [-0.39, 0.29) is 42.7 Å². The largest absolute Gasteiger partial charge is 0.490 e. The summed E-state index contributed by atoms with van der Waals surface area (Å²) in [7, 11) is -0.566. The number of nitrogens with zero attached hydrogens (tertiary/aromatic N) is 2. The molecule has 1 N–H and O–H groups in total. The maximum Gasteiger partial charge on any atom is 0.303 e. The van der Waals surface area contributed by atoms with E-state index in [1.165, 1.54) is 4.31 Å². The normalized spacial score (nSPS) is 19.9. The highest BCUT2D eigenvalue weighted by atomic mass is 32.2. The van der Waals surface area contributed by atoms with E-state index in [4.69, 9.17) is 23.7 Å². The van der Waals surface area contributed by atoms with Crippen LogP contribution in [0.25, 0.3) is 0 Å². The van der Waals surface area contributed by atoms with Crippen LogP contribution in [0.15, 0.2) is 71.6 Å². The van der Waals surface area contributed by atoms with E-state index in [1.807, 2.05) is 31.2 Å². The number of rotatable bonds is 19. The van der Waals surface area contributed by atoms with Crippen molar-refractivity contribution in [3.63, 3.8) is 0 Å². The van der Waals surface area contributed by atoms with Crippen molar-refractivity contribution >= 4 is 21.7 Å². The van der Waals surface area contributed by atoms with Gasteiger partial charge in [-0.25, -0.2) is 8.42 Å². The first-order valence-electron chi connectivity index (χ1n) is 18.2. The van der Waals surface area contributed by atoms with Crippen LogP contribution in [0.2, 0.25) is 0 Å². The van der Waals surface area contributed by atoms with Gasteiger partial charge in [0.15, 0.2) is 0 Å². The van der Waals surface area contributed by atoms with Gasteiger partial charge < -0.3 is 33.7 Å². The molecule has 3 aromatic rings. The molecule has 0 spiro atoms. The summed E-state index contributed by atoms with van der Waals surface area (Å²) in [6.45, 7) is 8.95. The Labute approximate surface area is 308 Å². The summed E-state index contributed by atoms with van der Waals surface area (Å²) in [5, 5.41) is 9.62. The van der Waals surface area contributed by atoms with Gasteiger partial charge in [0.05, 0.1) is 49.7 Å². The van der Waals surface area contributed by atoms with Crippen LogP contribution in [-0.2, 0) is 47.0 Å². The SMILES string of the molecule is COCCCN1CCOc2ccc(CO[C@H]3CN(S(=O)(=O)c4ccc(C)cc4)[C@@H](CCC(=O)O)C[C@@H]3c3ccc(COC[C@@H](C)COC)cc3)cc21. The zero-order valence-corrected chi connectivity index (χ0v) is 31.7. The molecule has 284 valence electrons. The lowest BCUT2D eigenvalue weighted by atomic mass is 9.82. The number of sulfonamides is 1. The van der Waals surface area contributed by atoms with Crippen LogP contribution >= 0.6 is 0 Å². The minimum atomic E-state index is -3.95. The van der Waals surface area contributed by atoms with Crippen LogP contribution < -0.4 is 9.64 Å². The summed E-state index contributed by atoms with van der Waals surface area (Å²) in [5.74, 6) is -0.0182. The summed E-state index contributed by atoms with van der Waals surface area (Å²) >= 11 is 0. The van der Waals surface area contributed by atoms with E-state index < -0.39 is 28.1 Å². The molecule has 2 aliphatic rings. The van der Waals surface area contributed by atoms with Crippen molar-refractivity contribution in [1.29, 1.82) is 0 Å². The molecule has 0 radical (unpaired) electrons. The Bertz CT molecular complexity index is 1680. The number of fused-ring (bicyclic) bond motifs is 1. The number of hydrogen-bond acceptors (Lipinski definition) is 9. The molecule has 0 amide bonds. The highest BCUT2D eigenvalue weighted by Crippen LogP contribution is 2.39. The van der Waals surface area contributed by atoms with E-state index in [9.17, 15) is 18.3 Å². The molecule has 0 unspecified atom stereocenters. The number of ether oxygens (including phenoxy) is 5. The number of aliphatic carboxylic acids is 1. The summed E-state index contributed by atoms with van der Waals surface area (Å²) in [6.07, 6.45) is 0.867. The van der Waals surface area contributed by atoms with E-state index in [1.54, 1.807) is 38.5 Å². The van der Waals surface area contributed by atoms with Crippen LogP contribution in [0.1, 0.15) is 60.8 Å². The highest BCUT2D eigenvalue weighted by molar-refractivity contribution is 7.89. The number of carbonyl (C=O) groups is 1. The molecule has 1 saturated heterocycles. The first kappa shape index (κ1) is 39.7. The Morgan fingerprint density at radius 1 is 0.981 bits per heavy atom. The molecule has 0 bridgehead atoms. The smallest absolute Gasteiger partial charge is 0.303 e. The van der Waals surface area contributed by atoms with Crippen molar-refractivity contribution in [3.05, 3.63) is 89.0 Å². The van der Waals surface area contributed by atoms with Crippen LogP contribution in [-0.4, -0.2) is 96.2 Å². The summed E-state index contributed by atoms with van der Waals surface area (Å²) in [5.41, 5.74) is 4.95. The first-order valence-corrected chi connectivity index (χ1v) is 19.6. The quantitative estimate of drug-likeness (QED) is 0.146. The Morgan fingerprint density at radius 3 is 2.44 bits per heavy atom. The molecule has 4 atom stereocenters. The van der Waals surface area contributed by atoms with Crippen LogP contribution in [0.5, 0.6) is 5.75 Å². The van der Waals surface area contributed by atoms with Gasteiger partial charge in [0.25, 0.3) is 0 Å². The number of methoxy groups -OCH3 is 2. The molecule has 2 heterocycles. The Balaban J connectivity index is 1.41. The average Bonchev–Trinajstić information content (AvgIpc) is 3.13. The lowest BCUT2D eigenvalue weighted by molar-refractivity contribution is -0.137. The molecule has 0 aliphatic carbocycles. The van der Waals surface area contributed by atoms with Crippen molar-refractivity contribution in [2.45, 2.75) is 75.7 Å². The van der Waals surface area contributed by atoms with Crippen molar-refractivity contribution in [2.24, 2.45) is 5.92 Å². The number of aryl methyl sites for hydroxylation is 1. The number of carboxylic acid groups (broad SMARTS) is 1. The zero-order valence-electron chi connectivity index (χ0n) is 30.9. The van der Waals surface area contributed by atoms with Crippen LogP contribution in [0.3, 0.4) is 0 Å². The number of carboxylic acids is 1. The number of anilines is 1. The third-order valence-electron chi connectivity index (χ3n) is 9.81. The number of hydrogen-bond donors (Lipinski definition) is 1. The number of piperidine rings is 1. The van der Waals surface area contributed by atoms with E-state index in [2.05, 4.69) is 30.0 Å². The molecule has 0 aromatic heterocycles. The molecule has 11 nitrogen and oxygen atoms in total. The van der Waals surface area contributed by atoms with E-state index in [0.717, 1.165) is 53.2 Å². The van der Waals surface area contributed by atoms with Gasteiger partial charge in [-0.15, -0.1) is 0 Å². The van der Waals surface area contributed by atoms with Gasteiger partial charge in [0, 0.05) is 58.2 Å². The van der Waals surface area contributed by atoms with Gasteiger partial charge in [-0.05, 0) is 67.1 Å². The molecule has 5 rings (SSSR count). The minimum Gasteiger partial charge on any atom is -0.490 e. The fourth-order valence-corrected chi connectivity index (χ4v) is 8.72. The molecule has 0 saturated carbocycles. The Hall–Kier alpha value is -3.52. The second-order valence-corrected chi connectivity index (χ2v) is 15.9. The third-order valence-corrected chi connectivity index (χ3v) is 11.7. The van der Waals surface area contributed by atoms with Crippen molar-refractivity contribution in [1.82, 2.24) is 4.31 Å². The van der Waals surface area contributed by atoms with Gasteiger partial charge in [-0.3, -0.25) is 4.79 Å². The predicted molar refractivity (Wildman–Crippen MR) is 199 cm³/mol. The zero-order chi connectivity index (χ0) is 37.1. The Morgan fingerprint density at radius 2 is 1.73 bits per heavy atom. The van der Waals surface area contributed by atoms with Gasteiger partial charge in [-0.2, -0.15) is 4.31 Å². The lowest BCUT2D eigenvalue weighted by Crippen LogP contribution is -2.52. The fraction of sp³-hybridized carbons (Fsp3) is 0.525. The molecule has 3 aromatic carbocycles. The van der Waals surface area contributed by atoms with E-state index >= 15 is 0 Å². The van der Waals surface area contributed by atoms with Crippen LogP contribution in [0.4, 0.5) is 5.69 Å². The first-order chi connectivity index (χ1) is 25.1. The third kappa shape index (κ3) is 10.5. The van der Waals surface area contributed by atoms with E-state index in [0.29, 0.717) is 39.5 Å². The maximum absolute atomic E-state index is 14.2. The molecule has 12 heteroatoms. The minimum absolute atomic E-state index is 0.0879. The monoisotopic (exact) mass is 738 g/mol. The van der Waals surface area contributed by atoms with Gasteiger partial charge >= 0.3 is 5.97 Å². The highest BCUT2D eigenvalue weighted by Gasteiger charge is 2.43. The maximum atomic E-state index is 14.2. The lowest BCUT2D eigenvalue weighted by Gasteiger charge is -2.43. The summed E-state index contributed by atoms with van der Waals surface area (Å²) < 4.78 is 59.0. The topological polar surface area (TPSA) is 124 Å². The summed E-state index contributed by atoms with van der Waals surface area (Å²) in [6, 6.07) is 20.5. The fourth-order valence-electron chi connectivity index (χ4n) is 7.04. The van der Waals surface area contributed by atoms with Gasteiger partial charge in [0.2, 0.25) is 10.0 Å². The molecular weight excluding hydrogens is 685 g/mol. The van der Waals surface area contributed by atoms with Gasteiger partial charge in [0.1, 0.15) is 12.4 Å². The summed E-state index contributed by atoms with van der Waals surface area (Å²) in [4.78, 5) is 14.2.